The number of aliphatic hydroxyl groups excluding tert-OH is 1. The van der Waals surface area contributed by atoms with Crippen molar-refractivity contribution >= 4 is 17.5 Å². The molecule has 16 nitrogen and oxygen atoms in total. The molecule has 8 atom stereocenters. The number of nitrogens with one attached hydrogen (secondary N) is 6. The predicted octanol–water partition coefficient (Wildman–Crippen LogP) is 3.29. The number of piperidine rings is 1. The Bertz CT molecular complexity index is 2310. The number of hydrogen-bond acceptors (Lipinski definition) is 13. The number of rotatable bonds is 18. The summed E-state index contributed by atoms with van der Waals surface area (Å²) < 4.78 is 38.1. The summed E-state index contributed by atoms with van der Waals surface area (Å²) in [5.74, 6) is -1.48. The van der Waals surface area contributed by atoms with Crippen LogP contribution in [0.15, 0.2) is 65.6 Å². The summed E-state index contributed by atoms with van der Waals surface area (Å²) in [6, 6.07) is 10.3. The van der Waals surface area contributed by atoms with Gasteiger partial charge in [-0.2, -0.15) is 0 Å². The van der Waals surface area contributed by atoms with Crippen LogP contribution in [0.3, 0.4) is 0 Å². The maximum atomic E-state index is 15.2. The van der Waals surface area contributed by atoms with Crippen LogP contribution in [0.25, 0.3) is 0 Å². The fourth-order valence-electron chi connectivity index (χ4n) is 10.4. The minimum absolute atomic E-state index is 0.000809. The number of halogens is 2. The van der Waals surface area contributed by atoms with Crippen LogP contribution in [0, 0.1) is 24.5 Å². The Hall–Kier alpha value is -4.47. The number of carbonyl (C=O) groups excluding carboxylic acids is 2. The number of amides is 2. The molecule has 5 aliphatic rings. The summed E-state index contributed by atoms with van der Waals surface area (Å²) in [6.45, 7) is 11.2. The molecule has 67 heavy (non-hydrogen) atoms. The van der Waals surface area contributed by atoms with Crippen molar-refractivity contribution in [1.82, 2.24) is 46.1 Å². The summed E-state index contributed by atoms with van der Waals surface area (Å²) in [7, 11) is 1.63. The Balaban J connectivity index is 0.861. The standard InChI is InChI=1S/C49H69F2N11O5/c1-5-32-25-56-62-41(23-42(58-47(32)62)61-16-7-6-8-36(61)15-18-63)53-24-31-9-14-43(64)60(27-31)26-29(2)49(66)59(4)17-19-67-45-44(54-28-55-46(45)52)38-21-35(50)22-40(30(38)3)57-48(65)37-13-12-34(20-39(37)51)33-10-11-33/h9,12-14,20-22,27,32-33,36,41-42,44-47,53-56,58,63H,2,5-8,10-11,15-19,23-26,28,52H2,1,3-4H3,(H,57,65)/t32?,36-,41?,42?,44?,45?,46?,47?/m0/s1. The molecule has 3 aromatic rings. The number of pyridine rings is 1. The van der Waals surface area contributed by atoms with Crippen LogP contribution in [-0.2, 0) is 22.6 Å². The molecule has 8 rings (SSSR count). The van der Waals surface area contributed by atoms with Gasteiger partial charge in [0.05, 0.1) is 49.4 Å². The second-order valence-corrected chi connectivity index (χ2v) is 19.0. The second kappa shape index (κ2) is 21.9. The number of benzene rings is 2. The minimum Gasteiger partial charge on any atom is -0.396 e. The van der Waals surface area contributed by atoms with Crippen molar-refractivity contribution in [3.05, 3.63) is 111 Å². The number of aromatic nitrogens is 1. The summed E-state index contributed by atoms with van der Waals surface area (Å²) in [5, 5.41) is 29.0. The molecular formula is C49H69F2N11O5. The third kappa shape index (κ3) is 11.4. The van der Waals surface area contributed by atoms with E-state index in [0.717, 1.165) is 69.2 Å². The van der Waals surface area contributed by atoms with E-state index in [-0.39, 0.29) is 73.1 Å². The first-order valence-corrected chi connectivity index (χ1v) is 24.1. The summed E-state index contributed by atoms with van der Waals surface area (Å²) in [5.41, 5.74) is 13.0. The molecule has 5 heterocycles. The predicted molar refractivity (Wildman–Crippen MR) is 252 cm³/mol. The molecule has 0 bridgehead atoms. The molecule has 4 aliphatic heterocycles. The van der Waals surface area contributed by atoms with Crippen LogP contribution in [-0.4, -0.2) is 120 Å². The van der Waals surface area contributed by atoms with E-state index in [2.05, 4.69) is 55.4 Å². The van der Waals surface area contributed by atoms with Crippen LogP contribution < -0.4 is 43.3 Å². The molecule has 0 radical (unpaired) electrons. The van der Waals surface area contributed by atoms with Crippen molar-refractivity contribution in [1.29, 1.82) is 0 Å². The summed E-state index contributed by atoms with van der Waals surface area (Å²) in [6.07, 6.45) is 8.86. The topological polar surface area (TPSA) is 194 Å². The first-order chi connectivity index (χ1) is 32.3. The van der Waals surface area contributed by atoms with Gasteiger partial charge in [-0.25, -0.2) is 13.8 Å². The zero-order valence-electron chi connectivity index (χ0n) is 39.0. The van der Waals surface area contributed by atoms with Crippen LogP contribution >= 0.6 is 0 Å². The van der Waals surface area contributed by atoms with Crippen molar-refractivity contribution in [2.24, 2.45) is 11.7 Å². The number of hydrogen-bond donors (Lipinski definition) is 8. The summed E-state index contributed by atoms with van der Waals surface area (Å²) in [4.78, 5) is 44.0. The highest BCUT2D eigenvalue weighted by molar-refractivity contribution is 6.05. The number of ether oxygens (including phenoxy) is 1. The maximum Gasteiger partial charge on any atom is 0.258 e. The highest BCUT2D eigenvalue weighted by Gasteiger charge is 2.45. The zero-order valence-corrected chi connectivity index (χ0v) is 39.0. The van der Waals surface area contributed by atoms with Gasteiger partial charge in [-0.3, -0.25) is 46.0 Å². The highest BCUT2D eigenvalue weighted by Crippen LogP contribution is 2.40. The van der Waals surface area contributed by atoms with Gasteiger partial charge in [-0.15, -0.1) is 0 Å². The molecule has 4 saturated heterocycles. The van der Waals surface area contributed by atoms with E-state index >= 15 is 4.39 Å². The normalized spacial score (nSPS) is 26.9. The number of nitrogens with zero attached hydrogens (tertiary/aromatic N) is 4. The lowest BCUT2D eigenvalue weighted by Gasteiger charge is -2.50. The van der Waals surface area contributed by atoms with E-state index in [1.54, 1.807) is 26.2 Å². The lowest BCUT2D eigenvalue weighted by molar-refractivity contribution is -0.127. The van der Waals surface area contributed by atoms with Crippen molar-refractivity contribution in [2.45, 2.75) is 127 Å². The monoisotopic (exact) mass is 930 g/mol. The Morgan fingerprint density at radius 2 is 1.91 bits per heavy atom. The van der Waals surface area contributed by atoms with Crippen molar-refractivity contribution < 1.29 is 28.2 Å². The van der Waals surface area contributed by atoms with E-state index < -0.39 is 35.9 Å². The van der Waals surface area contributed by atoms with E-state index in [4.69, 9.17) is 10.5 Å². The van der Waals surface area contributed by atoms with Crippen molar-refractivity contribution in [3.63, 3.8) is 0 Å². The van der Waals surface area contributed by atoms with Crippen LogP contribution in [0.5, 0.6) is 0 Å². The second-order valence-electron chi connectivity index (χ2n) is 19.0. The molecule has 364 valence electrons. The van der Waals surface area contributed by atoms with Gasteiger partial charge in [0.1, 0.15) is 17.7 Å². The van der Waals surface area contributed by atoms with Gasteiger partial charge in [0.15, 0.2) is 0 Å². The largest absolute Gasteiger partial charge is 0.396 e. The van der Waals surface area contributed by atoms with Crippen LogP contribution in [0.2, 0.25) is 0 Å². The molecule has 18 heteroatoms. The molecular weight excluding hydrogens is 861 g/mol. The van der Waals surface area contributed by atoms with Crippen molar-refractivity contribution in [2.75, 3.05) is 51.9 Å². The maximum absolute atomic E-state index is 15.2. The molecule has 2 aromatic carbocycles. The fraction of sp³-hybridized carbons (Fsp3) is 0.571. The molecule has 2 amide bonds. The van der Waals surface area contributed by atoms with E-state index in [1.807, 2.05) is 6.07 Å². The molecule has 1 aromatic heterocycles. The molecule has 1 saturated carbocycles. The number of hydrazine groups is 1. The molecule has 5 fully saturated rings. The Kier molecular flexibility index (Phi) is 16.0. The average molecular weight is 930 g/mol. The number of likely N-dealkylation sites (N-methyl/N-ethyl adjacent to an activating group) is 1. The smallest absolute Gasteiger partial charge is 0.258 e. The SMILES string of the molecule is C=C(Cn1cc(CNC2CC(N3CCCC[C@H]3CCO)NC3C(CC)CNN23)ccc1=O)C(=O)N(C)CCOC1C(N)NCNC1c1cc(F)cc(NC(=O)c2ccc(C3CC3)cc2F)c1C. The highest BCUT2D eigenvalue weighted by atomic mass is 19.1. The summed E-state index contributed by atoms with van der Waals surface area (Å²) >= 11 is 0. The number of nitrogens with two attached hydrogens (primary N) is 1. The molecule has 1 aliphatic carbocycles. The van der Waals surface area contributed by atoms with E-state index in [1.165, 1.54) is 46.2 Å². The third-order valence-corrected chi connectivity index (χ3v) is 14.4. The molecule has 7 unspecified atom stereocenters. The zero-order chi connectivity index (χ0) is 47.4. The van der Waals surface area contributed by atoms with Gasteiger partial charge < -0.3 is 30.4 Å². The third-order valence-electron chi connectivity index (χ3n) is 14.4. The van der Waals surface area contributed by atoms with Gasteiger partial charge in [0.25, 0.3) is 17.4 Å². The number of anilines is 1. The van der Waals surface area contributed by atoms with Crippen LogP contribution in [0.1, 0.15) is 103 Å². The van der Waals surface area contributed by atoms with E-state index in [0.29, 0.717) is 42.2 Å². The molecule has 0 spiro atoms. The lowest BCUT2D eigenvalue weighted by Crippen LogP contribution is -2.69. The Morgan fingerprint density at radius 3 is 2.67 bits per heavy atom. The first-order valence-electron chi connectivity index (χ1n) is 24.1. The first kappa shape index (κ1) is 49.0. The van der Waals surface area contributed by atoms with Gasteiger partial charge in [0.2, 0.25) is 0 Å². The number of carbonyl (C=O) groups is 2. The fourth-order valence-corrected chi connectivity index (χ4v) is 10.4. The van der Waals surface area contributed by atoms with Gasteiger partial charge >= 0.3 is 0 Å². The lowest BCUT2D eigenvalue weighted by atomic mass is 9.92. The number of aliphatic hydroxyl groups is 1. The quantitative estimate of drug-likeness (QED) is 0.0869. The van der Waals surface area contributed by atoms with Crippen LogP contribution in [0.4, 0.5) is 14.5 Å². The van der Waals surface area contributed by atoms with Gasteiger partial charge in [-0.05, 0) is 104 Å². The number of fused-ring (bicyclic) bond motifs is 1. The Labute approximate surface area is 392 Å². The average Bonchev–Trinajstić information content (AvgIpc) is 4.09. The Morgan fingerprint density at radius 1 is 1.09 bits per heavy atom. The van der Waals surface area contributed by atoms with Gasteiger partial charge in [0, 0.05) is 81.9 Å². The van der Waals surface area contributed by atoms with Crippen molar-refractivity contribution in [3.8, 4) is 0 Å². The minimum atomic E-state index is -0.712. The number of likely N-dealkylation sites (tertiary alicyclic amines) is 1. The van der Waals surface area contributed by atoms with Gasteiger partial charge in [-0.1, -0.05) is 32.1 Å². The molecule has 9 N–H and O–H groups in total. The van der Waals surface area contributed by atoms with E-state index in [9.17, 15) is 23.9 Å².